The van der Waals surface area contributed by atoms with Crippen LogP contribution in [0.25, 0.3) is 0 Å². The van der Waals surface area contributed by atoms with Crippen LogP contribution in [0.5, 0.6) is 0 Å². The van der Waals surface area contributed by atoms with Gasteiger partial charge < -0.3 is 10.3 Å². The van der Waals surface area contributed by atoms with Crippen molar-refractivity contribution in [1.82, 2.24) is 10.3 Å². The number of anilines is 1. The number of H-pyrrole nitrogens is 1. The molecule has 1 aromatic heterocycles. The van der Waals surface area contributed by atoms with Gasteiger partial charge in [-0.15, -0.1) is 0 Å². The lowest BCUT2D eigenvalue weighted by Crippen LogP contribution is -2.12. The van der Waals surface area contributed by atoms with Gasteiger partial charge in [0.15, 0.2) is 0 Å². The molecule has 0 unspecified atom stereocenters. The summed E-state index contributed by atoms with van der Waals surface area (Å²) in [5.41, 5.74) is 2.57. The summed E-state index contributed by atoms with van der Waals surface area (Å²) in [6.07, 6.45) is 2.42. The lowest BCUT2D eigenvalue weighted by atomic mass is 10.2. The van der Waals surface area contributed by atoms with Crippen molar-refractivity contribution in [3.63, 3.8) is 0 Å². The Bertz CT molecular complexity index is 660. The summed E-state index contributed by atoms with van der Waals surface area (Å²) in [6, 6.07) is 9.01. The molecule has 0 aliphatic heterocycles. The minimum atomic E-state index is -3.54. The van der Waals surface area contributed by atoms with E-state index >= 15 is 0 Å². The number of hydrogen-bond donors (Lipinski definition) is 3. The average molecular weight is 293 g/mol. The monoisotopic (exact) mass is 293 g/mol. The van der Waals surface area contributed by atoms with Crippen LogP contribution in [-0.2, 0) is 23.0 Å². The van der Waals surface area contributed by atoms with Gasteiger partial charge in [-0.3, -0.25) is 4.72 Å². The molecule has 20 heavy (non-hydrogen) atoms. The molecule has 1 aromatic carbocycles. The SMILES string of the molecule is CCc1ccc(NS(=O)(=O)c2c[nH]c(CNC)c2)cc1. The molecule has 0 atom stereocenters. The second kappa shape index (κ2) is 6.11. The number of rotatable bonds is 6. The number of benzene rings is 1. The Morgan fingerprint density at radius 1 is 1.20 bits per heavy atom. The van der Waals surface area contributed by atoms with Crippen LogP contribution in [0.2, 0.25) is 0 Å². The van der Waals surface area contributed by atoms with E-state index in [9.17, 15) is 8.42 Å². The Labute approximate surface area is 119 Å². The summed E-state index contributed by atoms with van der Waals surface area (Å²) in [7, 11) is -1.73. The Morgan fingerprint density at radius 3 is 2.50 bits per heavy atom. The molecule has 0 aliphatic carbocycles. The van der Waals surface area contributed by atoms with Crippen LogP contribution in [0.1, 0.15) is 18.2 Å². The van der Waals surface area contributed by atoms with E-state index in [1.165, 1.54) is 11.8 Å². The number of nitrogens with one attached hydrogen (secondary N) is 3. The van der Waals surface area contributed by atoms with Crippen LogP contribution >= 0.6 is 0 Å². The molecule has 5 nitrogen and oxygen atoms in total. The molecule has 0 aliphatic rings. The fraction of sp³-hybridized carbons (Fsp3) is 0.286. The van der Waals surface area contributed by atoms with E-state index in [-0.39, 0.29) is 4.90 Å². The molecule has 0 bridgehead atoms. The highest BCUT2D eigenvalue weighted by Gasteiger charge is 2.15. The predicted molar refractivity (Wildman–Crippen MR) is 80.2 cm³/mol. The smallest absolute Gasteiger partial charge is 0.263 e. The number of hydrogen-bond acceptors (Lipinski definition) is 3. The molecule has 0 fully saturated rings. The second-order valence-electron chi connectivity index (χ2n) is 4.55. The van der Waals surface area contributed by atoms with Crippen LogP contribution in [-0.4, -0.2) is 20.4 Å². The number of aryl methyl sites for hydroxylation is 1. The second-order valence-corrected chi connectivity index (χ2v) is 6.23. The third-order valence-electron chi connectivity index (χ3n) is 3.01. The summed E-state index contributed by atoms with van der Waals surface area (Å²) in [5, 5.41) is 2.96. The summed E-state index contributed by atoms with van der Waals surface area (Å²) in [6.45, 7) is 2.66. The van der Waals surface area contributed by atoms with Crippen LogP contribution in [0.15, 0.2) is 41.4 Å². The maximum atomic E-state index is 12.2. The van der Waals surface area contributed by atoms with E-state index in [1.54, 1.807) is 18.2 Å². The molecule has 2 aromatic rings. The predicted octanol–water partition coefficient (Wildman–Crippen LogP) is 2.10. The Kier molecular flexibility index (Phi) is 4.46. The maximum absolute atomic E-state index is 12.2. The minimum Gasteiger partial charge on any atom is -0.363 e. The first kappa shape index (κ1) is 14.6. The molecule has 1 heterocycles. The van der Waals surface area contributed by atoms with Gasteiger partial charge in [0.1, 0.15) is 4.90 Å². The molecule has 3 N–H and O–H groups in total. The van der Waals surface area contributed by atoms with Gasteiger partial charge in [0, 0.05) is 24.1 Å². The van der Waals surface area contributed by atoms with E-state index in [0.29, 0.717) is 12.2 Å². The zero-order valence-electron chi connectivity index (χ0n) is 11.6. The highest BCUT2D eigenvalue weighted by Crippen LogP contribution is 2.17. The molecule has 0 saturated carbocycles. The molecular formula is C14H19N3O2S. The van der Waals surface area contributed by atoms with Gasteiger partial charge in [0.05, 0.1) is 0 Å². The van der Waals surface area contributed by atoms with E-state index in [1.807, 2.05) is 19.2 Å². The minimum absolute atomic E-state index is 0.238. The highest BCUT2D eigenvalue weighted by molar-refractivity contribution is 7.92. The molecule has 108 valence electrons. The Morgan fingerprint density at radius 2 is 1.90 bits per heavy atom. The van der Waals surface area contributed by atoms with Crippen molar-refractivity contribution >= 4 is 15.7 Å². The van der Waals surface area contributed by atoms with Gasteiger partial charge in [0.2, 0.25) is 0 Å². The first-order chi connectivity index (χ1) is 9.55. The van der Waals surface area contributed by atoms with Crippen molar-refractivity contribution in [2.24, 2.45) is 0 Å². The summed E-state index contributed by atoms with van der Waals surface area (Å²) < 4.78 is 27.0. The number of aromatic amines is 1. The summed E-state index contributed by atoms with van der Waals surface area (Å²) >= 11 is 0. The van der Waals surface area contributed by atoms with Gasteiger partial charge in [0.25, 0.3) is 10.0 Å². The molecule has 2 rings (SSSR count). The molecule has 0 amide bonds. The molecule has 0 saturated heterocycles. The number of aromatic nitrogens is 1. The Hall–Kier alpha value is -1.79. The van der Waals surface area contributed by atoms with Gasteiger partial charge >= 0.3 is 0 Å². The first-order valence-corrected chi connectivity index (χ1v) is 7.97. The Balaban J connectivity index is 2.16. The summed E-state index contributed by atoms with van der Waals surface area (Å²) in [5.74, 6) is 0. The van der Waals surface area contributed by atoms with Crippen molar-refractivity contribution in [3.05, 3.63) is 47.8 Å². The van der Waals surface area contributed by atoms with Gasteiger partial charge in [-0.2, -0.15) is 0 Å². The van der Waals surface area contributed by atoms with Crippen molar-refractivity contribution < 1.29 is 8.42 Å². The van der Waals surface area contributed by atoms with Gasteiger partial charge in [-0.1, -0.05) is 19.1 Å². The van der Waals surface area contributed by atoms with Gasteiger partial charge in [-0.25, -0.2) is 8.42 Å². The third kappa shape index (κ3) is 3.40. The average Bonchev–Trinajstić information content (AvgIpc) is 2.89. The molecule has 0 radical (unpaired) electrons. The summed E-state index contributed by atoms with van der Waals surface area (Å²) in [4.78, 5) is 3.17. The fourth-order valence-electron chi connectivity index (χ4n) is 1.89. The van der Waals surface area contributed by atoms with Crippen LogP contribution in [0.4, 0.5) is 5.69 Å². The van der Waals surface area contributed by atoms with Crippen molar-refractivity contribution in [1.29, 1.82) is 0 Å². The largest absolute Gasteiger partial charge is 0.363 e. The topological polar surface area (TPSA) is 74.0 Å². The fourth-order valence-corrected chi connectivity index (χ4v) is 2.96. The van der Waals surface area contributed by atoms with E-state index in [2.05, 4.69) is 21.9 Å². The highest BCUT2D eigenvalue weighted by atomic mass is 32.2. The van der Waals surface area contributed by atoms with Crippen LogP contribution < -0.4 is 10.0 Å². The van der Waals surface area contributed by atoms with Gasteiger partial charge in [-0.05, 0) is 37.2 Å². The first-order valence-electron chi connectivity index (χ1n) is 6.49. The zero-order chi connectivity index (χ0) is 14.6. The van der Waals surface area contributed by atoms with Crippen LogP contribution in [0, 0.1) is 0 Å². The van der Waals surface area contributed by atoms with Crippen molar-refractivity contribution in [2.75, 3.05) is 11.8 Å². The standard InChI is InChI=1S/C14H19N3O2S/c1-3-11-4-6-12(7-5-11)17-20(18,19)14-8-13(9-15-2)16-10-14/h4-8,10,15-17H,3,9H2,1-2H3. The van der Waals surface area contributed by atoms with E-state index in [0.717, 1.165) is 12.1 Å². The lowest BCUT2D eigenvalue weighted by molar-refractivity contribution is 0.601. The zero-order valence-corrected chi connectivity index (χ0v) is 12.4. The molecular weight excluding hydrogens is 274 g/mol. The van der Waals surface area contributed by atoms with Crippen molar-refractivity contribution in [2.45, 2.75) is 24.8 Å². The van der Waals surface area contributed by atoms with E-state index < -0.39 is 10.0 Å². The van der Waals surface area contributed by atoms with Crippen LogP contribution in [0.3, 0.4) is 0 Å². The molecule has 6 heteroatoms. The third-order valence-corrected chi connectivity index (χ3v) is 4.37. The normalized spacial score (nSPS) is 11.5. The van der Waals surface area contributed by atoms with Crippen molar-refractivity contribution in [3.8, 4) is 0 Å². The number of sulfonamides is 1. The lowest BCUT2D eigenvalue weighted by Gasteiger charge is -2.07. The van der Waals surface area contributed by atoms with E-state index in [4.69, 9.17) is 0 Å². The quantitative estimate of drug-likeness (QED) is 0.763. The molecule has 0 spiro atoms. The maximum Gasteiger partial charge on any atom is 0.263 e.